The summed E-state index contributed by atoms with van der Waals surface area (Å²) in [7, 11) is -7.00. The minimum Gasteiger partial charge on any atom is -0.495 e. The van der Waals surface area contributed by atoms with Crippen LogP contribution in [0.3, 0.4) is 0 Å². The summed E-state index contributed by atoms with van der Waals surface area (Å²) >= 11 is 0. The van der Waals surface area contributed by atoms with Gasteiger partial charge in [0.2, 0.25) is 20.0 Å². The lowest BCUT2D eigenvalue weighted by atomic mass is 10.0. The first-order valence-corrected chi connectivity index (χ1v) is 11.2. The Hall–Kier alpha value is -2.15. The van der Waals surface area contributed by atoms with Crippen LogP contribution in [0.5, 0.6) is 5.75 Å². The first kappa shape index (κ1) is 21.6. The second kappa shape index (κ2) is 7.27. The number of hydrogen-bond donors (Lipinski definition) is 1. The SMILES string of the molecule is COc1cc2c(cc1S(N)(=O)=O)CCN(S(=O)(=O)c1cccc(C(F)(F)F)c1)C2. The molecule has 1 aliphatic rings. The van der Waals surface area contributed by atoms with E-state index in [1.54, 1.807) is 0 Å². The lowest BCUT2D eigenvalue weighted by Crippen LogP contribution is -2.36. The van der Waals surface area contributed by atoms with E-state index < -0.39 is 36.7 Å². The quantitative estimate of drug-likeness (QED) is 0.768. The summed E-state index contributed by atoms with van der Waals surface area (Å²) in [5.41, 5.74) is -0.00295. The molecule has 0 saturated heterocycles. The average Bonchev–Trinajstić information content (AvgIpc) is 2.65. The van der Waals surface area contributed by atoms with Gasteiger partial charge in [0.05, 0.1) is 17.6 Å². The van der Waals surface area contributed by atoms with Crippen LogP contribution in [0, 0.1) is 0 Å². The molecule has 29 heavy (non-hydrogen) atoms. The van der Waals surface area contributed by atoms with E-state index in [4.69, 9.17) is 9.88 Å². The van der Waals surface area contributed by atoms with Crippen molar-refractivity contribution in [3.63, 3.8) is 0 Å². The van der Waals surface area contributed by atoms with Crippen molar-refractivity contribution in [2.45, 2.75) is 28.9 Å². The van der Waals surface area contributed by atoms with Gasteiger partial charge in [-0.2, -0.15) is 17.5 Å². The number of fused-ring (bicyclic) bond motifs is 1. The van der Waals surface area contributed by atoms with Crippen LogP contribution in [0.4, 0.5) is 13.2 Å². The molecule has 0 aromatic heterocycles. The molecule has 0 radical (unpaired) electrons. The predicted octanol–water partition coefficient (Wildman–Crippen LogP) is 2.11. The van der Waals surface area contributed by atoms with Crippen molar-refractivity contribution < 1.29 is 34.7 Å². The molecule has 1 heterocycles. The summed E-state index contributed by atoms with van der Waals surface area (Å²) in [5.74, 6) is -0.0374. The van der Waals surface area contributed by atoms with Crippen molar-refractivity contribution in [3.8, 4) is 5.75 Å². The Morgan fingerprint density at radius 3 is 2.34 bits per heavy atom. The van der Waals surface area contributed by atoms with Crippen LogP contribution in [0.1, 0.15) is 16.7 Å². The number of rotatable bonds is 4. The fraction of sp³-hybridized carbons (Fsp3) is 0.294. The summed E-state index contributed by atoms with van der Waals surface area (Å²) < 4.78 is 94.1. The van der Waals surface area contributed by atoms with Crippen LogP contribution >= 0.6 is 0 Å². The zero-order valence-electron chi connectivity index (χ0n) is 15.1. The van der Waals surface area contributed by atoms with Crippen molar-refractivity contribution >= 4 is 20.0 Å². The minimum absolute atomic E-state index is 0.0258. The minimum atomic E-state index is -4.67. The Kier molecular flexibility index (Phi) is 5.41. The smallest absolute Gasteiger partial charge is 0.416 e. The van der Waals surface area contributed by atoms with Gasteiger partial charge in [0.25, 0.3) is 0 Å². The summed E-state index contributed by atoms with van der Waals surface area (Å²) in [6.45, 7) is -0.170. The Labute approximate surface area is 166 Å². The fourth-order valence-electron chi connectivity index (χ4n) is 3.11. The van der Waals surface area contributed by atoms with Gasteiger partial charge in [-0.15, -0.1) is 0 Å². The average molecular weight is 450 g/mol. The van der Waals surface area contributed by atoms with Crippen LogP contribution in [0.15, 0.2) is 46.2 Å². The van der Waals surface area contributed by atoms with Crippen LogP contribution < -0.4 is 9.88 Å². The molecule has 2 N–H and O–H groups in total. The number of methoxy groups -OCH3 is 1. The third kappa shape index (κ3) is 4.25. The van der Waals surface area contributed by atoms with Gasteiger partial charge in [0, 0.05) is 13.1 Å². The highest BCUT2D eigenvalue weighted by atomic mass is 32.2. The third-order valence-corrected chi connectivity index (χ3v) is 7.34. The van der Waals surface area contributed by atoms with Crippen molar-refractivity contribution in [1.82, 2.24) is 4.31 Å². The zero-order valence-corrected chi connectivity index (χ0v) is 16.7. The van der Waals surface area contributed by atoms with Crippen molar-refractivity contribution in [2.24, 2.45) is 5.14 Å². The molecule has 0 amide bonds. The molecular weight excluding hydrogens is 433 g/mol. The zero-order chi connectivity index (χ0) is 21.6. The van der Waals surface area contributed by atoms with Gasteiger partial charge in [-0.25, -0.2) is 22.0 Å². The first-order chi connectivity index (χ1) is 13.3. The van der Waals surface area contributed by atoms with Gasteiger partial charge >= 0.3 is 6.18 Å². The van der Waals surface area contributed by atoms with Gasteiger partial charge < -0.3 is 4.74 Å². The second-order valence-corrected chi connectivity index (χ2v) is 9.90. The number of hydrogen-bond acceptors (Lipinski definition) is 5. The first-order valence-electron chi connectivity index (χ1n) is 8.24. The molecule has 0 fully saturated rings. The van der Waals surface area contributed by atoms with Gasteiger partial charge in [-0.05, 0) is 47.9 Å². The van der Waals surface area contributed by atoms with E-state index >= 15 is 0 Å². The van der Waals surface area contributed by atoms with E-state index in [1.807, 2.05) is 0 Å². The predicted molar refractivity (Wildman–Crippen MR) is 97.1 cm³/mol. The summed E-state index contributed by atoms with van der Waals surface area (Å²) in [6.07, 6.45) is -4.50. The van der Waals surface area contributed by atoms with Crippen LogP contribution in [-0.2, 0) is 39.2 Å². The lowest BCUT2D eigenvalue weighted by Gasteiger charge is -2.29. The molecule has 0 saturated carbocycles. The number of sulfonamides is 2. The van der Waals surface area contributed by atoms with Crippen molar-refractivity contribution in [2.75, 3.05) is 13.7 Å². The molecule has 0 unspecified atom stereocenters. The number of nitrogens with two attached hydrogens (primary N) is 1. The Morgan fingerprint density at radius 1 is 1.07 bits per heavy atom. The maximum absolute atomic E-state index is 12.9. The normalized spacial score (nSPS) is 15.8. The van der Waals surface area contributed by atoms with Crippen LogP contribution in [0.25, 0.3) is 0 Å². The second-order valence-electron chi connectivity index (χ2n) is 6.43. The molecule has 1 aliphatic heterocycles. The monoisotopic (exact) mass is 450 g/mol. The van der Waals surface area contributed by atoms with E-state index in [2.05, 4.69) is 0 Å². The fourth-order valence-corrected chi connectivity index (χ4v) is 5.30. The lowest BCUT2D eigenvalue weighted by molar-refractivity contribution is -0.137. The highest BCUT2D eigenvalue weighted by Gasteiger charge is 2.34. The molecule has 2 aromatic rings. The van der Waals surface area contributed by atoms with E-state index in [0.717, 1.165) is 22.5 Å². The number of ether oxygens (including phenoxy) is 1. The van der Waals surface area contributed by atoms with Crippen LogP contribution in [0.2, 0.25) is 0 Å². The molecule has 12 heteroatoms. The molecule has 158 valence electrons. The van der Waals surface area contributed by atoms with E-state index in [-0.39, 0.29) is 30.2 Å². The topological polar surface area (TPSA) is 107 Å². The largest absolute Gasteiger partial charge is 0.495 e. The van der Waals surface area contributed by atoms with E-state index in [1.165, 1.54) is 19.2 Å². The maximum atomic E-state index is 12.9. The highest BCUT2D eigenvalue weighted by Crippen LogP contribution is 2.34. The highest BCUT2D eigenvalue weighted by molar-refractivity contribution is 7.89. The third-order valence-electron chi connectivity index (χ3n) is 4.57. The molecule has 0 bridgehead atoms. The Balaban J connectivity index is 1.99. The van der Waals surface area contributed by atoms with Crippen molar-refractivity contribution in [3.05, 3.63) is 53.1 Å². The number of benzene rings is 2. The standard InChI is InChI=1S/C17H17F3N2O5S2/c1-27-15-7-12-10-22(6-5-11(12)8-16(15)28(21,23)24)29(25,26)14-4-2-3-13(9-14)17(18,19)20/h2-4,7-9H,5-6,10H2,1H3,(H2,21,23,24). The number of halogens is 3. The molecule has 0 aliphatic carbocycles. The van der Waals surface area contributed by atoms with Gasteiger partial charge in [0.1, 0.15) is 10.6 Å². The number of primary sulfonamides is 1. The molecular formula is C17H17F3N2O5S2. The molecule has 0 spiro atoms. The van der Waals surface area contributed by atoms with E-state index in [0.29, 0.717) is 17.2 Å². The Bertz CT molecular complexity index is 1160. The van der Waals surface area contributed by atoms with Gasteiger partial charge in [0.15, 0.2) is 0 Å². The molecule has 2 aromatic carbocycles. The summed E-state index contributed by atoms with van der Waals surface area (Å²) in [5, 5.41) is 5.18. The molecule has 3 rings (SSSR count). The summed E-state index contributed by atoms with van der Waals surface area (Å²) in [6, 6.07) is 6.24. The van der Waals surface area contributed by atoms with Crippen molar-refractivity contribution in [1.29, 1.82) is 0 Å². The molecule has 0 atom stereocenters. The maximum Gasteiger partial charge on any atom is 0.416 e. The van der Waals surface area contributed by atoms with Gasteiger partial charge in [-0.1, -0.05) is 6.07 Å². The van der Waals surface area contributed by atoms with Crippen LogP contribution in [-0.4, -0.2) is 34.8 Å². The number of alkyl halides is 3. The van der Waals surface area contributed by atoms with E-state index in [9.17, 15) is 30.0 Å². The Morgan fingerprint density at radius 2 is 1.76 bits per heavy atom. The molecule has 7 nitrogen and oxygen atoms in total. The van der Waals surface area contributed by atoms with Gasteiger partial charge in [-0.3, -0.25) is 0 Å². The number of nitrogens with zero attached hydrogens (tertiary/aromatic N) is 1. The summed E-state index contributed by atoms with van der Waals surface area (Å²) in [4.78, 5) is -0.683.